The van der Waals surface area contributed by atoms with E-state index in [1.807, 2.05) is 0 Å². The molecule has 3 aromatic rings. The predicted molar refractivity (Wildman–Crippen MR) is 440 cm³/mol. The molecule has 2 fully saturated rings. The van der Waals surface area contributed by atoms with Crippen molar-refractivity contribution >= 4 is 94.6 Å². The summed E-state index contributed by atoms with van der Waals surface area (Å²) in [6, 6.07) is -15.0. The van der Waals surface area contributed by atoms with Crippen LogP contribution in [0.15, 0.2) is 49.3 Å². The second-order valence-corrected chi connectivity index (χ2v) is 33.2. The number of hydrogen-bond donors (Lipinski definition) is 20. The number of H-pyrrole nitrogens is 2. The number of hydrogen-bond acceptors (Lipinski definition) is 22. The fourth-order valence-corrected chi connectivity index (χ4v) is 14.1. The van der Waals surface area contributed by atoms with Crippen LogP contribution >= 0.6 is 0 Å². The molecule has 0 saturated carbocycles. The van der Waals surface area contributed by atoms with E-state index in [9.17, 15) is 97.1 Å². The molecule has 40 nitrogen and oxygen atoms in total. The number of aromatic amines is 2. The molecule has 2 aliphatic heterocycles. The number of amides is 15. The second-order valence-electron chi connectivity index (χ2n) is 33.2. The van der Waals surface area contributed by atoms with Gasteiger partial charge in [0.1, 0.15) is 96.4 Å². The molecule has 22 N–H and O–H groups in total. The van der Waals surface area contributed by atoms with Crippen LogP contribution in [0.2, 0.25) is 0 Å². The Kier molecular flexibility index (Phi) is 40.6. The molecule has 1 aromatic carbocycles. The first-order valence-electron chi connectivity index (χ1n) is 41.6. The monoisotopic (exact) mass is 1700 g/mol. The fraction of sp³-hybridized carbons (Fsp3) is 0.654. The van der Waals surface area contributed by atoms with Crippen molar-refractivity contribution in [2.45, 2.75) is 277 Å². The lowest BCUT2D eigenvalue weighted by Crippen LogP contribution is -2.62. The summed E-state index contributed by atoms with van der Waals surface area (Å²) in [5.74, 6) is -16.0. The summed E-state index contributed by atoms with van der Waals surface area (Å²) < 4.78 is 0. The average molecular weight is 1700 g/mol. The van der Waals surface area contributed by atoms with Gasteiger partial charge in [0.25, 0.3) is 0 Å². The van der Waals surface area contributed by atoms with Crippen LogP contribution in [-0.4, -0.2) is 262 Å². The zero-order chi connectivity index (χ0) is 90.2. The highest BCUT2D eigenvalue weighted by molar-refractivity contribution is 6.01. The minimum atomic E-state index is -1.59. The highest BCUT2D eigenvalue weighted by Gasteiger charge is 2.44. The molecular formula is C81H128N20O20. The Morgan fingerprint density at radius 2 is 0.826 bits per heavy atom. The third-order valence-corrected chi connectivity index (χ3v) is 21.2. The van der Waals surface area contributed by atoms with E-state index in [4.69, 9.17) is 11.5 Å². The van der Waals surface area contributed by atoms with Crippen molar-refractivity contribution in [2.75, 3.05) is 26.3 Å². The number of phenolic OH excluding ortho intramolecular Hbond substituents is 1. The molecule has 15 amide bonds. The van der Waals surface area contributed by atoms with E-state index in [2.05, 4.69) is 83.7 Å². The molecule has 121 heavy (non-hydrogen) atoms. The van der Waals surface area contributed by atoms with Gasteiger partial charge in [0.05, 0.1) is 25.9 Å². The van der Waals surface area contributed by atoms with Crippen LogP contribution in [0.3, 0.4) is 0 Å². The maximum atomic E-state index is 14.9. The molecule has 40 heteroatoms. The number of nitrogens with zero attached hydrogens (tertiary/aromatic N) is 4. The lowest BCUT2D eigenvalue weighted by Gasteiger charge is -2.32. The summed E-state index contributed by atoms with van der Waals surface area (Å²) in [5.41, 5.74) is 12.3. The molecule has 5 rings (SSSR count). The Hall–Kier alpha value is -11.2. The van der Waals surface area contributed by atoms with E-state index in [0.29, 0.717) is 42.6 Å². The van der Waals surface area contributed by atoms with Gasteiger partial charge in [-0.1, -0.05) is 108 Å². The number of aromatic nitrogens is 4. The number of nitrogens with one attached hydrogen (secondary N) is 14. The lowest BCUT2D eigenvalue weighted by atomic mass is 9.96. The fourth-order valence-electron chi connectivity index (χ4n) is 14.1. The van der Waals surface area contributed by atoms with Gasteiger partial charge in [-0.15, -0.1) is 0 Å². The number of primary amides is 1. The van der Waals surface area contributed by atoms with Crippen molar-refractivity contribution in [1.82, 2.24) is 93.5 Å². The van der Waals surface area contributed by atoms with Crippen molar-refractivity contribution in [3.05, 3.63) is 66.3 Å². The van der Waals surface area contributed by atoms with Gasteiger partial charge in [-0.3, -0.25) is 71.9 Å². The van der Waals surface area contributed by atoms with E-state index in [-0.39, 0.29) is 113 Å². The van der Waals surface area contributed by atoms with Crippen molar-refractivity contribution in [2.24, 2.45) is 47.0 Å². The molecule has 2 aromatic heterocycles. The summed E-state index contributed by atoms with van der Waals surface area (Å²) in [5, 5.41) is 71.4. The van der Waals surface area contributed by atoms with Crippen LogP contribution < -0.4 is 75.3 Å². The van der Waals surface area contributed by atoms with E-state index in [1.165, 1.54) is 66.0 Å². The van der Waals surface area contributed by atoms with Gasteiger partial charge >= 0.3 is 5.97 Å². The van der Waals surface area contributed by atoms with E-state index >= 15 is 0 Å². The van der Waals surface area contributed by atoms with Crippen LogP contribution in [0.25, 0.3) is 0 Å². The Bertz CT molecular complexity index is 3980. The Balaban J connectivity index is 1.35. The number of aliphatic hydroxyl groups is 2. The predicted octanol–water partition coefficient (Wildman–Crippen LogP) is -2.38. The number of aromatic hydroxyl groups is 1. The summed E-state index contributed by atoms with van der Waals surface area (Å²) in [6.45, 7) is 20.9. The third-order valence-electron chi connectivity index (χ3n) is 21.2. The van der Waals surface area contributed by atoms with Crippen LogP contribution in [-0.2, 0) is 96.0 Å². The quantitative estimate of drug-likeness (QED) is 0.0281. The van der Waals surface area contributed by atoms with Crippen molar-refractivity contribution < 1.29 is 97.1 Å². The lowest BCUT2D eigenvalue weighted by molar-refractivity contribution is -0.145. The number of carbonyl (C=O) groups excluding carboxylic acids is 15. The van der Waals surface area contributed by atoms with E-state index in [1.54, 1.807) is 83.1 Å². The first-order chi connectivity index (χ1) is 57.1. The van der Waals surface area contributed by atoms with Gasteiger partial charge in [0.2, 0.25) is 88.6 Å². The van der Waals surface area contributed by atoms with Gasteiger partial charge in [-0.25, -0.2) is 14.8 Å². The molecule has 17 atom stereocenters. The minimum absolute atomic E-state index is 0.0129. The molecule has 672 valence electrons. The standard InChI is InChI=1S/C81H128N20O20/c1-14-45(11)65(98-77(116)63-19-17-27-101(63)79(118)59(30-43(7)8)95-69(108)53(24-25-64(83)105)89-71(110)54(28-41(3)4)91-68(107)52(82)37-102)78(117)94-55(29-42(5)6)72(111)93-58(34-50-36-85-40-87-50)74(113)92-57(33-49-35-84-39-86-49)70(109)88-47(13)67(106)90-56(32-48-20-22-51(104)23-21-48)73(112)96-60(31-44(9)10)80(119)100-26-16-18-62(100)76(115)97-61(38-103)75(114)99-66(81(120)121)46(12)15-2/h20-23,35-36,39-47,52-63,65-66,102-104H,14-19,24-34,37-38,82H2,1-13H3,(H2,83,105)(H,84,86)(H,85,87)(H,88,109)(H,89,110)(H,90,106)(H,91,107)(H,92,113)(H,93,111)(H,94,117)(H,95,108)(H,96,112)(H,97,115)(H,98,116)(H,99,114)(H,120,121)/t45-,46-,47-,52-,53-,54-,55-,56-,57-,58-,59-,60-,61-,62-,63-,65-,66-/m0/s1. The van der Waals surface area contributed by atoms with Crippen molar-refractivity contribution in [3.63, 3.8) is 0 Å². The van der Waals surface area contributed by atoms with E-state index < -0.39 is 210 Å². The number of likely N-dealkylation sites (tertiary alicyclic amines) is 2. The molecule has 2 saturated heterocycles. The highest BCUT2D eigenvalue weighted by Crippen LogP contribution is 2.25. The van der Waals surface area contributed by atoms with Gasteiger partial charge in [0.15, 0.2) is 0 Å². The van der Waals surface area contributed by atoms with Crippen LogP contribution in [0, 0.1) is 35.5 Å². The third kappa shape index (κ3) is 31.7. The van der Waals surface area contributed by atoms with Gasteiger partial charge in [-0.05, 0) is 118 Å². The number of aliphatic hydroxyl groups excluding tert-OH is 2. The Morgan fingerprint density at radius 1 is 0.446 bits per heavy atom. The average Bonchev–Trinajstić information content (AvgIpc) is 1.70. The molecule has 0 unspecified atom stereocenters. The number of aliphatic carboxylic acids is 1. The number of carboxylic acids is 1. The summed E-state index contributed by atoms with van der Waals surface area (Å²) in [7, 11) is 0. The maximum absolute atomic E-state index is 14.9. The molecule has 4 heterocycles. The number of phenols is 1. The van der Waals surface area contributed by atoms with Gasteiger partial charge < -0.3 is 115 Å². The first-order valence-corrected chi connectivity index (χ1v) is 41.6. The maximum Gasteiger partial charge on any atom is 0.326 e. The summed E-state index contributed by atoms with van der Waals surface area (Å²) >= 11 is 0. The van der Waals surface area contributed by atoms with Crippen LogP contribution in [0.5, 0.6) is 5.75 Å². The van der Waals surface area contributed by atoms with Crippen LogP contribution in [0.4, 0.5) is 0 Å². The molecule has 0 aliphatic carbocycles. The number of benzene rings is 1. The number of carbonyl (C=O) groups is 16. The van der Waals surface area contributed by atoms with Crippen molar-refractivity contribution in [1.29, 1.82) is 0 Å². The number of nitrogens with two attached hydrogens (primary N) is 2. The summed E-state index contributed by atoms with van der Waals surface area (Å²) in [6.07, 6.45) is 5.75. The molecule has 2 aliphatic rings. The molecule has 0 radical (unpaired) electrons. The smallest absolute Gasteiger partial charge is 0.326 e. The Morgan fingerprint density at radius 3 is 1.25 bits per heavy atom. The topological polar surface area (TPSA) is 614 Å². The SMILES string of the molecule is CC[C@H](C)[C@H](NC(=O)[C@H](CO)NC(=O)[C@@H]1CCCN1C(=O)[C@H](CC(C)C)NC(=O)[C@H](Cc1ccc(O)cc1)NC(=O)[C@H](C)NC(=O)[C@H](Cc1cnc[nH]1)NC(=O)[C@H](Cc1cnc[nH]1)NC(=O)[C@H](CC(C)C)NC(=O)[C@@H](NC(=O)[C@@H]1CCCN1C(=O)[C@H](CC(C)C)NC(=O)[C@H](CCC(N)=O)NC(=O)[C@H](CC(C)C)NC(=O)[C@@H](N)CO)[C@@H](C)CC)C(=O)O. The Labute approximate surface area is 704 Å². The number of carboxylic acid groups (broad SMARTS) is 1. The zero-order valence-electron chi connectivity index (χ0n) is 71.4. The zero-order valence-corrected chi connectivity index (χ0v) is 71.4. The first kappa shape index (κ1) is 100. The van der Waals surface area contributed by atoms with E-state index in [0.717, 1.165) is 0 Å². The molecule has 0 spiro atoms. The summed E-state index contributed by atoms with van der Waals surface area (Å²) in [4.78, 5) is 241. The highest BCUT2D eigenvalue weighted by atomic mass is 16.4. The minimum Gasteiger partial charge on any atom is -0.508 e. The van der Waals surface area contributed by atoms with Gasteiger partial charge in [-0.2, -0.15) is 0 Å². The normalized spacial score (nSPS) is 17.7. The van der Waals surface area contributed by atoms with Crippen LogP contribution in [0.1, 0.15) is 184 Å². The van der Waals surface area contributed by atoms with Gasteiger partial charge in [0, 0.05) is 62.6 Å². The second kappa shape index (κ2) is 48.9. The molecule has 0 bridgehead atoms. The molecular weight excluding hydrogens is 1570 g/mol. The number of rotatable bonds is 50. The number of imidazole rings is 2. The largest absolute Gasteiger partial charge is 0.508 e. The van der Waals surface area contributed by atoms with Crippen molar-refractivity contribution in [3.8, 4) is 5.75 Å².